The molecule has 1 aromatic heterocycles. The third kappa shape index (κ3) is 3.45. The maximum absolute atomic E-state index is 4.35. The summed E-state index contributed by atoms with van der Waals surface area (Å²) >= 11 is 3.37. The fourth-order valence-corrected chi connectivity index (χ4v) is 2.24. The average Bonchev–Trinajstić information content (AvgIpc) is 2.85. The molecular formula is C11H16BrN3. The first-order chi connectivity index (χ1) is 7.13. The lowest BCUT2D eigenvalue weighted by Gasteiger charge is -2.14. The molecule has 0 saturated heterocycles. The van der Waals surface area contributed by atoms with Crippen LogP contribution in [-0.2, 0) is 0 Å². The van der Waals surface area contributed by atoms with Crippen LogP contribution in [0.3, 0.4) is 0 Å². The second-order valence-electron chi connectivity index (χ2n) is 4.35. The van der Waals surface area contributed by atoms with E-state index in [-0.39, 0.29) is 0 Å². The first-order valence-corrected chi connectivity index (χ1v) is 6.20. The van der Waals surface area contributed by atoms with Crippen LogP contribution in [-0.4, -0.2) is 16.0 Å². The van der Waals surface area contributed by atoms with Crippen molar-refractivity contribution in [2.75, 3.05) is 5.32 Å². The zero-order valence-electron chi connectivity index (χ0n) is 9.13. The van der Waals surface area contributed by atoms with Crippen LogP contribution < -0.4 is 5.32 Å². The van der Waals surface area contributed by atoms with E-state index < -0.39 is 0 Å². The third-order valence-electron chi connectivity index (χ3n) is 2.58. The van der Waals surface area contributed by atoms with Gasteiger partial charge in [-0.3, -0.25) is 0 Å². The smallest absolute Gasteiger partial charge is 0.131 e. The molecule has 4 heteroatoms. The average molecular weight is 270 g/mol. The molecule has 0 aromatic carbocycles. The van der Waals surface area contributed by atoms with Crippen molar-refractivity contribution < 1.29 is 0 Å². The zero-order valence-corrected chi connectivity index (χ0v) is 10.7. The van der Waals surface area contributed by atoms with Gasteiger partial charge in [0.2, 0.25) is 0 Å². The minimum absolute atomic E-state index is 0.499. The number of rotatable bonds is 4. The molecule has 1 heterocycles. The molecule has 3 nitrogen and oxygen atoms in total. The Hall–Kier alpha value is -0.640. The molecule has 0 bridgehead atoms. The predicted molar refractivity (Wildman–Crippen MR) is 64.9 cm³/mol. The van der Waals surface area contributed by atoms with E-state index in [0.717, 1.165) is 22.2 Å². The van der Waals surface area contributed by atoms with E-state index in [1.807, 2.05) is 13.0 Å². The minimum Gasteiger partial charge on any atom is -0.367 e. The number of aryl methyl sites for hydroxylation is 1. The Labute approximate surface area is 98.8 Å². The summed E-state index contributed by atoms with van der Waals surface area (Å²) in [4.78, 5) is 8.53. The van der Waals surface area contributed by atoms with E-state index >= 15 is 0 Å². The molecule has 1 aliphatic carbocycles. The summed E-state index contributed by atoms with van der Waals surface area (Å²) in [5.74, 6) is 2.66. The fraction of sp³-hybridized carbons (Fsp3) is 0.636. The number of aromatic nitrogens is 2. The molecule has 1 saturated carbocycles. The minimum atomic E-state index is 0.499. The molecule has 1 aromatic rings. The molecule has 1 atom stereocenters. The molecule has 1 fully saturated rings. The zero-order chi connectivity index (χ0) is 10.8. The number of hydrogen-bond donors (Lipinski definition) is 1. The van der Waals surface area contributed by atoms with Crippen LogP contribution in [0, 0.1) is 12.8 Å². The van der Waals surface area contributed by atoms with E-state index in [2.05, 4.69) is 38.1 Å². The van der Waals surface area contributed by atoms with Gasteiger partial charge < -0.3 is 5.32 Å². The fourth-order valence-electron chi connectivity index (χ4n) is 1.77. The second kappa shape index (κ2) is 4.47. The standard InChI is InChI=1S/C11H16BrN3/c1-7(5-9-3-4-9)13-11-6-10(12)14-8(2)15-11/h6-7,9H,3-5H2,1-2H3,(H,13,14,15). The summed E-state index contributed by atoms with van der Waals surface area (Å²) in [6.07, 6.45) is 4.05. The highest BCUT2D eigenvalue weighted by atomic mass is 79.9. The number of nitrogens with zero attached hydrogens (tertiary/aromatic N) is 2. The van der Waals surface area contributed by atoms with Gasteiger partial charge in [0, 0.05) is 12.1 Å². The number of halogens is 1. The van der Waals surface area contributed by atoms with Crippen LogP contribution in [0.5, 0.6) is 0 Å². The Morgan fingerprint density at radius 3 is 2.87 bits per heavy atom. The lowest BCUT2D eigenvalue weighted by Crippen LogP contribution is -2.17. The molecule has 2 rings (SSSR count). The maximum atomic E-state index is 4.35. The van der Waals surface area contributed by atoms with Crippen molar-refractivity contribution in [3.8, 4) is 0 Å². The first kappa shape index (κ1) is 10.9. The lowest BCUT2D eigenvalue weighted by molar-refractivity contribution is 0.639. The van der Waals surface area contributed by atoms with E-state index in [9.17, 15) is 0 Å². The summed E-state index contributed by atoms with van der Waals surface area (Å²) in [5.41, 5.74) is 0. The molecule has 0 spiro atoms. The summed E-state index contributed by atoms with van der Waals surface area (Å²) in [5, 5.41) is 3.41. The summed E-state index contributed by atoms with van der Waals surface area (Å²) in [6.45, 7) is 4.12. The van der Waals surface area contributed by atoms with E-state index in [0.29, 0.717) is 6.04 Å². The van der Waals surface area contributed by atoms with Crippen LogP contribution in [0.25, 0.3) is 0 Å². The van der Waals surface area contributed by atoms with Gasteiger partial charge in [-0.1, -0.05) is 12.8 Å². The number of hydrogen-bond acceptors (Lipinski definition) is 3. The second-order valence-corrected chi connectivity index (χ2v) is 5.16. The van der Waals surface area contributed by atoms with Crippen LogP contribution in [0.1, 0.15) is 32.0 Å². The monoisotopic (exact) mass is 269 g/mol. The van der Waals surface area contributed by atoms with Crippen molar-refractivity contribution in [1.29, 1.82) is 0 Å². The Morgan fingerprint density at radius 1 is 1.53 bits per heavy atom. The quantitative estimate of drug-likeness (QED) is 0.854. The molecule has 1 N–H and O–H groups in total. The molecule has 1 aliphatic rings. The summed E-state index contributed by atoms with van der Waals surface area (Å²) in [7, 11) is 0. The maximum Gasteiger partial charge on any atom is 0.131 e. The molecule has 0 radical (unpaired) electrons. The normalized spacial score (nSPS) is 17.5. The lowest BCUT2D eigenvalue weighted by atomic mass is 10.1. The van der Waals surface area contributed by atoms with Gasteiger partial charge in [0.05, 0.1) is 0 Å². The molecular weight excluding hydrogens is 254 g/mol. The topological polar surface area (TPSA) is 37.8 Å². The highest BCUT2D eigenvalue weighted by Crippen LogP contribution is 2.34. The van der Waals surface area contributed by atoms with Crippen molar-refractivity contribution in [3.05, 3.63) is 16.5 Å². The van der Waals surface area contributed by atoms with Crippen LogP contribution in [0.15, 0.2) is 10.7 Å². The molecule has 82 valence electrons. The van der Waals surface area contributed by atoms with Gasteiger partial charge in [0.15, 0.2) is 0 Å². The van der Waals surface area contributed by atoms with Crippen LogP contribution in [0.2, 0.25) is 0 Å². The van der Waals surface area contributed by atoms with Gasteiger partial charge in [0.25, 0.3) is 0 Å². The van der Waals surface area contributed by atoms with Gasteiger partial charge in [-0.15, -0.1) is 0 Å². The molecule has 0 amide bonds. The van der Waals surface area contributed by atoms with Gasteiger partial charge in [-0.25, -0.2) is 9.97 Å². The molecule has 1 unspecified atom stereocenters. The summed E-state index contributed by atoms with van der Waals surface area (Å²) < 4.78 is 0.844. The number of anilines is 1. The van der Waals surface area contributed by atoms with Gasteiger partial charge in [-0.2, -0.15) is 0 Å². The first-order valence-electron chi connectivity index (χ1n) is 5.41. The van der Waals surface area contributed by atoms with Crippen molar-refractivity contribution >= 4 is 21.7 Å². The summed E-state index contributed by atoms with van der Waals surface area (Å²) in [6, 6.07) is 2.43. The Bertz CT molecular complexity index is 329. The van der Waals surface area contributed by atoms with E-state index in [4.69, 9.17) is 0 Å². The van der Waals surface area contributed by atoms with E-state index in [1.54, 1.807) is 0 Å². The van der Waals surface area contributed by atoms with Crippen molar-refractivity contribution in [2.45, 2.75) is 39.2 Å². The predicted octanol–water partition coefficient (Wildman–Crippen LogP) is 3.15. The van der Waals surface area contributed by atoms with Crippen LogP contribution >= 0.6 is 15.9 Å². The molecule has 0 aliphatic heterocycles. The SMILES string of the molecule is Cc1nc(Br)cc(NC(C)CC2CC2)n1. The van der Waals surface area contributed by atoms with Gasteiger partial charge in [-0.05, 0) is 42.1 Å². The van der Waals surface area contributed by atoms with E-state index in [1.165, 1.54) is 19.3 Å². The van der Waals surface area contributed by atoms with Gasteiger partial charge in [0.1, 0.15) is 16.2 Å². The highest BCUT2D eigenvalue weighted by molar-refractivity contribution is 9.10. The largest absolute Gasteiger partial charge is 0.367 e. The van der Waals surface area contributed by atoms with Crippen molar-refractivity contribution in [3.63, 3.8) is 0 Å². The third-order valence-corrected chi connectivity index (χ3v) is 2.99. The Balaban J connectivity index is 1.96. The van der Waals surface area contributed by atoms with Crippen molar-refractivity contribution in [1.82, 2.24) is 9.97 Å². The Morgan fingerprint density at radius 2 is 2.27 bits per heavy atom. The van der Waals surface area contributed by atoms with Gasteiger partial charge >= 0.3 is 0 Å². The van der Waals surface area contributed by atoms with Crippen LogP contribution in [0.4, 0.5) is 5.82 Å². The van der Waals surface area contributed by atoms with Crippen molar-refractivity contribution in [2.24, 2.45) is 5.92 Å². The number of nitrogens with one attached hydrogen (secondary N) is 1. The Kier molecular flexibility index (Phi) is 3.24. The highest BCUT2D eigenvalue weighted by Gasteiger charge is 2.23. The molecule has 15 heavy (non-hydrogen) atoms.